The fourth-order valence-corrected chi connectivity index (χ4v) is 10.6. The molecule has 1 aromatic rings. The van der Waals surface area contributed by atoms with Gasteiger partial charge in [-0.05, 0) is 40.2 Å². The minimum absolute atomic E-state index is 0.0765. The number of allylic oxidation sites excluding steroid dienone is 4. The van der Waals surface area contributed by atoms with E-state index in [9.17, 15) is 21.7 Å². The van der Waals surface area contributed by atoms with Crippen LogP contribution in [0.1, 0.15) is 19.3 Å². The normalized spacial score (nSPS) is 24.7. The summed E-state index contributed by atoms with van der Waals surface area (Å²) in [4.78, 5) is 8.94. The summed E-state index contributed by atoms with van der Waals surface area (Å²) < 4.78 is 7.11. The van der Waals surface area contributed by atoms with E-state index in [1.165, 1.54) is 0 Å². The highest BCUT2D eigenvalue weighted by atomic mass is 28.4. The van der Waals surface area contributed by atoms with Gasteiger partial charge in [-0.1, -0.05) is 76.6 Å². The van der Waals surface area contributed by atoms with Crippen molar-refractivity contribution in [3.8, 4) is 0 Å². The van der Waals surface area contributed by atoms with Crippen LogP contribution in [0.15, 0.2) is 82.1 Å². The van der Waals surface area contributed by atoms with Crippen LogP contribution in [0.3, 0.4) is 0 Å². The quantitative estimate of drug-likeness (QED) is 0.146. The molecule has 176 valence electrons. The van der Waals surface area contributed by atoms with Crippen molar-refractivity contribution in [2.75, 3.05) is 19.6 Å². The van der Waals surface area contributed by atoms with Crippen LogP contribution in [0.25, 0.3) is 31.3 Å². The summed E-state index contributed by atoms with van der Waals surface area (Å²) in [5.74, 6) is 0. The minimum Gasteiger partial charge on any atom is -0.408 e. The molecule has 2 unspecified atom stereocenters. The van der Waals surface area contributed by atoms with Crippen molar-refractivity contribution < 1.29 is 9.53 Å². The van der Waals surface area contributed by atoms with E-state index >= 15 is 0 Å². The number of benzene rings is 1. The van der Waals surface area contributed by atoms with Crippen molar-refractivity contribution in [2.24, 2.45) is 15.3 Å². The van der Waals surface area contributed by atoms with Gasteiger partial charge in [-0.3, -0.25) is 0 Å². The van der Waals surface area contributed by atoms with E-state index in [1.54, 1.807) is 0 Å². The summed E-state index contributed by atoms with van der Waals surface area (Å²) in [5, 5.41) is 21.9. The van der Waals surface area contributed by atoms with Crippen molar-refractivity contribution in [1.82, 2.24) is 0 Å². The molecule has 0 spiro atoms. The molecule has 0 heterocycles. The Hall–Kier alpha value is -3.49. The lowest BCUT2D eigenvalue weighted by Crippen LogP contribution is -2.67. The molecule has 12 heteroatoms. The van der Waals surface area contributed by atoms with Crippen molar-refractivity contribution in [2.45, 2.75) is 42.0 Å². The molecule has 1 fully saturated rings. The summed E-state index contributed by atoms with van der Waals surface area (Å²) in [6.07, 6.45) is 8.52. The van der Waals surface area contributed by atoms with Gasteiger partial charge in [0, 0.05) is 51.4 Å². The molecule has 4 atom stereocenters. The number of rotatable bonds is 11. The van der Waals surface area contributed by atoms with Crippen LogP contribution in [0.4, 0.5) is 0 Å². The smallest absolute Gasteiger partial charge is 0.238 e. The maximum atomic E-state index is 10.4. The summed E-state index contributed by atoms with van der Waals surface area (Å²) in [6, 6.07) is 9.65. The summed E-state index contributed by atoms with van der Waals surface area (Å²) in [6.45, 7) is 3.74. The standard InChI is InChI=1S/C22H27N9O2Si/c1-17-12-18(13-21(17)32)33-34(19-8-4-2-5-9-19,20-10-6-3-7-11-20)22(14-26-29-23,15-27-30-24)16-28-31-25/h2-10,18,20-21,32H,1,11-16H2/t18-,20?,21-,34?/m1/s1. The van der Waals surface area contributed by atoms with Crippen LogP contribution in [0.2, 0.25) is 10.6 Å². The Morgan fingerprint density at radius 2 is 1.65 bits per heavy atom. The van der Waals surface area contributed by atoms with Gasteiger partial charge in [0.25, 0.3) is 0 Å². The van der Waals surface area contributed by atoms with Crippen molar-refractivity contribution in [1.29, 1.82) is 0 Å². The second-order valence-electron chi connectivity index (χ2n) is 8.56. The first-order valence-electron chi connectivity index (χ1n) is 11.0. The molecule has 0 bridgehead atoms. The summed E-state index contributed by atoms with van der Waals surface area (Å²) in [7, 11) is -3.37. The van der Waals surface area contributed by atoms with E-state index in [0.717, 1.165) is 5.19 Å². The molecule has 2 aliphatic rings. The van der Waals surface area contributed by atoms with Crippen LogP contribution in [0.5, 0.6) is 0 Å². The van der Waals surface area contributed by atoms with Gasteiger partial charge in [-0.25, -0.2) is 0 Å². The van der Waals surface area contributed by atoms with E-state index in [-0.39, 0.29) is 31.3 Å². The first kappa shape index (κ1) is 25.1. The van der Waals surface area contributed by atoms with Crippen molar-refractivity contribution >= 4 is 13.5 Å². The molecule has 3 rings (SSSR count). The first-order chi connectivity index (χ1) is 16.5. The maximum absolute atomic E-state index is 10.4. The van der Waals surface area contributed by atoms with Gasteiger partial charge in [-0.15, -0.1) is 0 Å². The van der Waals surface area contributed by atoms with Gasteiger partial charge < -0.3 is 9.53 Å². The molecule has 1 saturated carbocycles. The number of hydrogen-bond donors (Lipinski definition) is 1. The van der Waals surface area contributed by atoms with Gasteiger partial charge in [0.15, 0.2) is 0 Å². The van der Waals surface area contributed by atoms with E-state index in [0.29, 0.717) is 24.8 Å². The molecule has 2 aliphatic carbocycles. The molecule has 0 radical (unpaired) electrons. The molecule has 0 amide bonds. The second kappa shape index (κ2) is 11.6. The van der Waals surface area contributed by atoms with Gasteiger partial charge in [0.05, 0.1) is 12.2 Å². The van der Waals surface area contributed by atoms with E-state index < -0.39 is 19.5 Å². The number of aliphatic hydroxyl groups excluding tert-OH is 1. The Bertz CT molecular complexity index is 1040. The number of aliphatic hydroxyl groups is 1. The van der Waals surface area contributed by atoms with E-state index in [4.69, 9.17) is 4.43 Å². The average molecular weight is 478 g/mol. The Morgan fingerprint density at radius 3 is 2.12 bits per heavy atom. The molecular weight excluding hydrogens is 450 g/mol. The van der Waals surface area contributed by atoms with Crippen LogP contribution in [-0.4, -0.2) is 45.3 Å². The number of azide groups is 3. The third-order valence-electron chi connectivity index (χ3n) is 6.60. The van der Waals surface area contributed by atoms with E-state index in [2.05, 4.69) is 42.7 Å². The highest BCUT2D eigenvalue weighted by Gasteiger charge is 2.60. The second-order valence-corrected chi connectivity index (χ2v) is 12.6. The summed E-state index contributed by atoms with van der Waals surface area (Å²) >= 11 is 0. The third kappa shape index (κ3) is 5.03. The Morgan fingerprint density at radius 1 is 1.03 bits per heavy atom. The van der Waals surface area contributed by atoms with Crippen LogP contribution in [0, 0.1) is 0 Å². The number of nitrogens with zero attached hydrogens (tertiary/aromatic N) is 9. The molecule has 1 aromatic carbocycles. The lowest BCUT2D eigenvalue weighted by molar-refractivity contribution is 0.143. The zero-order chi connectivity index (χ0) is 24.4. The van der Waals surface area contributed by atoms with Gasteiger partial charge >= 0.3 is 0 Å². The highest BCUT2D eigenvalue weighted by Crippen LogP contribution is 2.51. The fourth-order valence-electron chi connectivity index (χ4n) is 5.05. The Balaban J connectivity index is 2.33. The van der Waals surface area contributed by atoms with E-state index in [1.807, 2.05) is 48.6 Å². The molecule has 0 aliphatic heterocycles. The Kier molecular flexibility index (Phi) is 8.56. The largest absolute Gasteiger partial charge is 0.408 e. The molecule has 11 nitrogen and oxygen atoms in total. The topological polar surface area (TPSA) is 176 Å². The average Bonchev–Trinajstić information content (AvgIpc) is 3.19. The van der Waals surface area contributed by atoms with Gasteiger partial charge in [-0.2, -0.15) is 0 Å². The lowest BCUT2D eigenvalue weighted by Gasteiger charge is -2.52. The van der Waals surface area contributed by atoms with Crippen LogP contribution in [-0.2, 0) is 4.43 Å². The van der Waals surface area contributed by atoms with Crippen LogP contribution >= 0.6 is 0 Å². The minimum atomic E-state index is -3.37. The van der Waals surface area contributed by atoms with Crippen molar-refractivity contribution in [3.05, 3.63) is 98.1 Å². The molecular formula is C22H27N9O2Si. The summed E-state index contributed by atoms with van der Waals surface area (Å²) in [5.41, 5.74) is 28.3. The highest BCUT2D eigenvalue weighted by molar-refractivity contribution is 6.91. The Labute approximate surface area is 198 Å². The molecule has 34 heavy (non-hydrogen) atoms. The predicted molar refractivity (Wildman–Crippen MR) is 132 cm³/mol. The SMILES string of the molecule is C=C1C[C@@H](O[Si](c2ccccc2)(C2C=CC=CC2)C(CN=[N+]=[N-])(CN=[N+]=[N-])CN=[N+]=[N-])C[C@H]1O. The zero-order valence-corrected chi connectivity index (χ0v) is 19.8. The first-order valence-corrected chi connectivity index (χ1v) is 13.0. The maximum Gasteiger partial charge on any atom is 0.238 e. The lowest BCUT2D eigenvalue weighted by atomic mass is 10.1. The van der Waals surface area contributed by atoms with Crippen molar-refractivity contribution in [3.63, 3.8) is 0 Å². The number of hydrogen-bond acceptors (Lipinski definition) is 5. The molecule has 0 aromatic heterocycles. The molecule has 0 saturated heterocycles. The zero-order valence-electron chi connectivity index (χ0n) is 18.8. The monoisotopic (exact) mass is 477 g/mol. The molecule has 1 N–H and O–H groups in total. The van der Waals surface area contributed by atoms with Gasteiger partial charge in [0.2, 0.25) is 8.32 Å². The predicted octanol–water partition coefficient (Wildman–Crippen LogP) is 5.49. The van der Waals surface area contributed by atoms with Crippen LogP contribution < -0.4 is 5.19 Å². The third-order valence-corrected chi connectivity index (χ3v) is 12.0. The fraction of sp³-hybridized carbons (Fsp3) is 0.455. The van der Waals surface area contributed by atoms with Gasteiger partial charge in [0.1, 0.15) is 0 Å².